The molecule has 1 aromatic heterocycles. The number of carboxylic acids is 1. The molecule has 0 saturated heterocycles. The maximum absolute atomic E-state index is 13.5. The molecule has 3 rings (SSSR count). The van der Waals surface area contributed by atoms with Gasteiger partial charge < -0.3 is 10.4 Å². The Morgan fingerprint density at radius 1 is 1.23 bits per heavy atom. The van der Waals surface area contributed by atoms with Crippen LogP contribution in [-0.2, 0) is 17.6 Å². The fourth-order valence-electron chi connectivity index (χ4n) is 3.30. The summed E-state index contributed by atoms with van der Waals surface area (Å²) in [6, 6.07) is 6.20. The van der Waals surface area contributed by atoms with Crippen molar-refractivity contribution in [1.82, 2.24) is 15.1 Å². The zero-order valence-electron chi connectivity index (χ0n) is 14.5. The van der Waals surface area contributed by atoms with Gasteiger partial charge in [-0.15, -0.1) is 0 Å². The molecule has 0 radical (unpaired) electrons. The summed E-state index contributed by atoms with van der Waals surface area (Å²) in [6.07, 6.45) is 4.81. The number of carboxylic acid groups (broad SMARTS) is 1. The zero-order valence-corrected chi connectivity index (χ0v) is 14.5. The summed E-state index contributed by atoms with van der Waals surface area (Å²) in [7, 11) is 0. The Labute approximate surface area is 151 Å². The van der Waals surface area contributed by atoms with Gasteiger partial charge >= 0.3 is 5.97 Å². The van der Waals surface area contributed by atoms with Gasteiger partial charge in [0.1, 0.15) is 5.82 Å². The van der Waals surface area contributed by atoms with Crippen LogP contribution in [0.2, 0.25) is 0 Å². The molecular formula is C19H22FN3O3. The number of unbranched alkanes of at least 4 members (excludes halogenated alkanes) is 2. The molecule has 1 aliphatic rings. The van der Waals surface area contributed by atoms with Crippen molar-refractivity contribution in [2.24, 2.45) is 0 Å². The molecule has 1 amide bonds. The van der Waals surface area contributed by atoms with E-state index in [1.54, 1.807) is 16.8 Å². The molecule has 2 aromatic rings. The van der Waals surface area contributed by atoms with Crippen LogP contribution in [-0.4, -0.2) is 33.3 Å². The first-order valence-corrected chi connectivity index (χ1v) is 8.93. The number of amides is 1. The van der Waals surface area contributed by atoms with E-state index in [4.69, 9.17) is 5.11 Å². The van der Waals surface area contributed by atoms with Crippen molar-refractivity contribution in [3.05, 3.63) is 47.0 Å². The molecule has 1 heterocycles. The van der Waals surface area contributed by atoms with Crippen molar-refractivity contribution < 1.29 is 19.1 Å². The van der Waals surface area contributed by atoms with E-state index in [9.17, 15) is 14.0 Å². The highest BCUT2D eigenvalue weighted by Gasteiger charge is 2.26. The van der Waals surface area contributed by atoms with Crippen LogP contribution >= 0.6 is 0 Å². The van der Waals surface area contributed by atoms with Crippen LogP contribution in [0, 0.1) is 5.82 Å². The fourth-order valence-corrected chi connectivity index (χ4v) is 3.30. The average Bonchev–Trinajstić information content (AvgIpc) is 3.19. The molecule has 0 atom stereocenters. The number of carbonyl (C=O) groups excluding carboxylic acids is 1. The van der Waals surface area contributed by atoms with Crippen LogP contribution in [0.4, 0.5) is 4.39 Å². The standard InChI is InChI=1S/C19H22FN3O3/c20-13-6-4-7-14(12-13)23-16-9-5-8-15(16)18(22-23)19(26)21-11-3-1-2-10-17(24)25/h4,6-7,12H,1-3,5,8-11H2,(H,21,26)(H,24,25). The molecule has 0 aliphatic heterocycles. The smallest absolute Gasteiger partial charge is 0.303 e. The van der Waals surface area contributed by atoms with Crippen LogP contribution in [0.5, 0.6) is 0 Å². The predicted molar refractivity (Wildman–Crippen MR) is 94.0 cm³/mol. The molecule has 138 valence electrons. The van der Waals surface area contributed by atoms with Crippen molar-refractivity contribution in [1.29, 1.82) is 0 Å². The maximum atomic E-state index is 13.5. The number of benzene rings is 1. The number of aliphatic carboxylic acids is 1. The third-order valence-electron chi connectivity index (χ3n) is 4.55. The van der Waals surface area contributed by atoms with Gasteiger partial charge in [-0.2, -0.15) is 5.10 Å². The van der Waals surface area contributed by atoms with E-state index in [2.05, 4.69) is 10.4 Å². The highest BCUT2D eigenvalue weighted by molar-refractivity contribution is 5.94. The van der Waals surface area contributed by atoms with E-state index < -0.39 is 5.97 Å². The number of aromatic nitrogens is 2. The molecule has 0 unspecified atom stereocenters. The van der Waals surface area contributed by atoms with E-state index in [0.717, 1.165) is 43.4 Å². The van der Waals surface area contributed by atoms with E-state index >= 15 is 0 Å². The van der Waals surface area contributed by atoms with Crippen LogP contribution in [0.25, 0.3) is 5.69 Å². The predicted octanol–water partition coefficient (Wildman–Crippen LogP) is 2.87. The Morgan fingerprint density at radius 2 is 2.08 bits per heavy atom. The topological polar surface area (TPSA) is 84.2 Å². The summed E-state index contributed by atoms with van der Waals surface area (Å²) in [5.41, 5.74) is 2.95. The summed E-state index contributed by atoms with van der Waals surface area (Å²) < 4.78 is 15.2. The summed E-state index contributed by atoms with van der Waals surface area (Å²) in [5.74, 6) is -1.36. The molecule has 1 aliphatic carbocycles. The lowest BCUT2D eigenvalue weighted by molar-refractivity contribution is -0.137. The van der Waals surface area contributed by atoms with Gasteiger partial charge in [-0.3, -0.25) is 9.59 Å². The number of halogens is 1. The van der Waals surface area contributed by atoms with Gasteiger partial charge in [0.15, 0.2) is 5.69 Å². The Kier molecular flexibility index (Phi) is 5.65. The lowest BCUT2D eigenvalue weighted by Gasteiger charge is -2.05. The number of nitrogens with zero attached hydrogens (tertiary/aromatic N) is 2. The highest BCUT2D eigenvalue weighted by Crippen LogP contribution is 2.28. The van der Waals surface area contributed by atoms with Gasteiger partial charge in [0.2, 0.25) is 0 Å². The summed E-state index contributed by atoms with van der Waals surface area (Å²) in [5, 5.41) is 15.9. The van der Waals surface area contributed by atoms with Gasteiger partial charge in [-0.05, 0) is 50.3 Å². The van der Waals surface area contributed by atoms with Crippen molar-refractivity contribution in [2.45, 2.75) is 44.9 Å². The summed E-state index contributed by atoms with van der Waals surface area (Å²) in [6.45, 7) is 0.486. The largest absolute Gasteiger partial charge is 0.481 e. The highest BCUT2D eigenvalue weighted by atomic mass is 19.1. The van der Waals surface area contributed by atoms with Gasteiger partial charge in [0, 0.05) is 24.2 Å². The first kappa shape index (κ1) is 18.1. The normalized spacial score (nSPS) is 12.8. The molecule has 0 saturated carbocycles. The molecule has 0 fully saturated rings. The lowest BCUT2D eigenvalue weighted by Crippen LogP contribution is -2.26. The average molecular weight is 359 g/mol. The van der Waals surface area contributed by atoms with E-state index in [1.165, 1.54) is 12.1 Å². The SMILES string of the molecule is O=C(O)CCCCCNC(=O)c1nn(-c2cccc(F)c2)c2c1CCC2. The second-order valence-electron chi connectivity index (χ2n) is 6.48. The summed E-state index contributed by atoms with van der Waals surface area (Å²) in [4.78, 5) is 23.0. The van der Waals surface area contributed by atoms with E-state index in [1.807, 2.05) is 0 Å². The van der Waals surface area contributed by atoms with Gasteiger partial charge in [0.05, 0.1) is 5.69 Å². The van der Waals surface area contributed by atoms with Gasteiger partial charge in [0.25, 0.3) is 5.91 Å². The number of hydrogen-bond acceptors (Lipinski definition) is 3. The minimum absolute atomic E-state index is 0.152. The number of rotatable bonds is 8. The Balaban J connectivity index is 1.66. The Morgan fingerprint density at radius 3 is 2.85 bits per heavy atom. The second kappa shape index (κ2) is 8.12. The first-order valence-electron chi connectivity index (χ1n) is 8.93. The zero-order chi connectivity index (χ0) is 18.5. The van der Waals surface area contributed by atoms with Crippen molar-refractivity contribution in [3.63, 3.8) is 0 Å². The van der Waals surface area contributed by atoms with Crippen LogP contribution in [0.3, 0.4) is 0 Å². The quantitative estimate of drug-likeness (QED) is 0.710. The monoisotopic (exact) mass is 359 g/mol. The molecule has 2 N–H and O–H groups in total. The number of fused-ring (bicyclic) bond motifs is 1. The van der Waals surface area contributed by atoms with Crippen LogP contribution in [0.1, 0.15) is 53.8 Å². The first-order chi connectivity index (χ1) is 12.6. The van der Waals surface area contributed by atoms with E-state index in [-0.39, 0.29) is 18.1 Å². The van der Waals surface area contributed by atoms with E-state index in [0.29, 0.717) is 24.3 Å². The van der Waals surface area contributed by atoms with Crippen molar-refractivity contribution in [2.75, 3.05) is 6.54 Å². The Hall–Kier alpha value is -2.70. The minimum atomic E-state index is -0.799. The molecule has 1 aromatic carbocycles. The third-order valence-corrected chi connectivity index (χ3v) is 4.55. The molecule has 0 bridgehead atoms. The number of hydrogen-bond donors (Lipinski definition) is 2. The van der Waals surface area contributed by atoms with Crippen LogP contribution in [0.15, 0.2) is 24.3 Å². The minimum Gasteiger partial charge on any atom is -0.481 e. The second-order valence-corrected chi connectivity index (χ2v) is 6.48. The van der Waals surface area contributed by atoms with Crippen LogP contribution < -0.4 is 5.32 Å². The lowest BCUT2D eigenvalue weighted by atomic mass is 10.1. The Bertz CT molecular complexity index is 816. The van der Waals surface area contributed by atoms with Gasteiger partial charge in [-0.25, -0.2) is 9.07 Å². The molecule has 26 heavy (non-hydrogen) atoms. The van der Waals surface area contributed by atoms with Gasteiger partial charge in [-0.1, -0.05) is 12.5 Å². The van der Waals surface area contributed by atoms with Crippen molar-refractivity contribution >= 4 is 11.9 Å². The molecule has 7 heteroatoms. The molecule has 6 nitrogen and oxygen atoms in total. The fraction of sp³-hybridized carbons (Fsp3) is 0.421. The number of carbonyl (C=O) groups is 2. The third kappa shape index (κ3) is 4.09. The molecular weight excluding hydrogens is 337 g/mol. The van der Waals surface area contributed by atoms with Crippen molar-refractivity contribution in [3.8, 4) is 5.69 Å². The molecule has 0 spiro atoms. The summed E-state index contributed by atoms with van der Waals surface area (Å²) >= 11 is 0. The number of nitrogens with one attached hydrogen (secondary N) is 1. The maximum Gasteiger partial charge on any atom is 0.303 e.